The van der Waals surface area contributed by atoms with Gasteiger partial charge < -0.3 is 9.80 Å². The van der Waals surface area contributed by atoms with Crippen LogP contribution in [-0.4, -0.2) is 42.0 Å². The Morgan fingerprint density at radius 3 is 2.62 bits per heavy atom. The second kappa shape index (κ2) is 6.75. The van der Waals surface area contributed by atoms with E-state index >= 15 is 0 Å². The third-order valence-corrected chi connectivity index (χ3v) is 4.91. The van der Waals surface area contributed by atoms with Crippen LogP contribution in [0.25, 0.3) is 10.8 Å². The zero-order chi connectivity index (χ0) is 18.1. The molecule has 0 N–H and O–H groups in total. The summed E-state index contributed by atoms with van der Waals surface area (Å²) in [6.45, 7) is 4.40. The first-order chi connectivity index (χ1) is 12.6. The van der Waals surface area contributed by atoms with Crippen molar-refractivity contribution in [3.8, 4) is 0 Å². The second-order valence-corrected chi connectivity index (χ2v) is 6.64. The zero-order valence-corrected chi connectivity index (χ0v) is 14.7. The molecular formula is C21H20FN3O. The van der Waals surface area contributed by atoms with E-state index in [0.717, 1.165) is 22.0 Å². The van der Waals surface area contributed by atoms with Gasteiger partial charge >= 0.3 is 0 Å². The summed E-state index contributed by atoms with van der Waals surface area (Å²) in [5.74, 6) is -0.692. The molecule has 0 spiro atoms. The SMILES string of the molecule is Cc1ccc(F)c(C(=O)N2CCN(c3cncc4ccccc34)CC2)c1. The van der Waals surface area contributed by atoms with Crippen molar-refractivity contribution in [2.45, 2.75) is 6.92 Å². The molecule has 1 aliphatic heterocycles. The van der Waals surface area contributed by atoms with Crippen LogP contribution in [0.1, 0.15) is 15.9 Å². The minimum Gasteiger partial charge on any atom is -0.366 e. The van der Waals surface area contributed by atoms with Gasteiger partial charge in [-0.3, -0.25) is 9.78 Å². The molecule has 4 nitrogen and oxygen atoms in total. The first-order valence-electron chi connectivity index (χ1n) is 8.76. The number of rotatable bonds is 2. The van der Waals surface area contributed by atoms with Crippen molar-refractivity contribution < 1.29 is 9.18 Å². The normalized spacial score (nSPS) is 14.7. The van der Waals surface area contributed by atoms with Gasteiger partial charge in [0.2, 0.25) is 0 Å². The first-order valence-corrected chi connectivity index (χ1v) is 8.76. The van der Waals surface area contributed by atoms with Crippen LogP contribution < -0.4 is 4.90 Å². The number of amides is 1. The maximum atomic E-state index is 14.0. The number of carbonyl (C=O) groups excluding carboxylic acids is 1. The summed E-state index contributed by atoms with van der Waals surface area (Å²) in [7, 11) is 0. The molecule has 0 radical (unpaired) electrons. The molecule has 26 heavy (non-hydrogen) atoms. The second-order valence-electron chi connectivity index (χ2n) is 6.64. The molecule has 0 bridgehead atoms. The topological polar surface area (TPSA) is 36.4 Å². The van der Waals surface area contributed by atoms with Crippen molar-refractivity contribution >= 4 is 22.4 Å². The van der Waals surface area contributed by atoms with E-state index in [1.807, 2.05) is 37.5 Å². The molecule has 4 rings (SSSR count). The highest BCUT2D eigenvalue weighted by molar-refractivity contribution is 5.95. The molecule has 2 aromatic carbocycles. The summed E-state index contributed by atoms with van der Waals surface area (Å²) in [4.78, 5) is 21.0. The van der Waals surface area contributed by atoms with E-state index in [-0.39, 0.29) is 11.5 Å². The third-order valence-electron chi connectivity index (χ3n) is 4.91. The van der Waals surface area contributed by atoms with Gasteiger partial charge in [-0.1, -0.05) is 35.9 Å². The first kappa shape index (κ1) is 16.5. The van der Waals surface area contributed by atoms with E-state index in [9.17, 15) is 9.18 Å². The molecule has 0 saturated carbocycles. The monoisotopic (exact) mass is 349 g/mol. The summed E-state index contributed by atoms with van der Waals surface area (Å²) in [5.41, 5.74) is 2.12. The largest absolute Gasteiger partial charge is 0.366 e. The van der Waals surface area contributed by atoms with Crippen LogP contribution in [0.4, 0.5) is 10.1 Å². The predicted octanol–water partition coefficient (Wildman–Crippen LogP) is 3.64. The van der Waals surface area contributed by atoms with Gasteiger partial charge in [0.1, 0.15) is 5.82 Å². The Labute approximate surface area is 151 Å². The van der Waals surface area contributed by atoms with Crippen LogP contribution >= 0.6 is 0 Å². The van der Waals surface area contributed by atoms with E-state index in [1.165, 1.54) is 6.07 Å². The van der Waals surface area contributed by atoms with Crippen LogP contribution in [0.3, 0.4) is 0 Å². The molecule has 1 aromatic heterocycles. The number of pyridine rings is 1. The highest BCUT2D eigenvalue weighted by Crippen LogP contribution is 2.26. The Morgan fingerprint density at radius 2 is 1.81 bits per heavy atom. The molecule has 0 unspecified atom stereocenters. The van der Waals surface area contributed by atoms with Crippen molar-refractivity contribution in [2.24, 2.45) is 0 Å². The number of anilines is 1. The smallest absolute Gasteiger partial charge is 0.256 e. The predicted molar refractivity (Wildman–Crippen MR) is 101 cm³/mol. The summed E-state index contributed by atoms with van der Waals surface area (Å²) < 4.78 is 14.0. The van der Waals surface area contributed by atoms with Gasteiger partial charge in [0.25, 0.3) is 5.91 Å². The molecule has 1 aliphatic rings. The molecule has 3 aromatic rings. The quantitative estimate of drug-likeness (QED) is 0.709. The number of hydrogen-bond donors (Lipinski definition) is 0. The average Bonchev–Trinajstić information content (AvgIpc) is 2.69. The summed E-state index contributed by atoms with van der Waals surface area (Å²) in [6.07, 6.45) is 3.74. The fourth-order valence-corrected chi connectivity index (χ4v) is 3.48. The number of carbonyl (C=O) groups is 1. The summed E-state index contributed by atoms with van der Waals surface area (Å²) >= 11 is 0. The van der Waals surface area contributed by atoms with Crippen LogP contribution in [0.5, 0.6) is 0 Å². The van der Waals surface area contributed by atoms with Crippen molar-refractivity contribution in [3.63, 3.8) is 0 Å². The molecule has 1 amide bonds. The van der Waals surface area contributed by atoms with Crippen LogP contribution in [0.15, 0.2) is 54.9 Å². The molecule has 2 heterocycles. The standard InChI is InChI=1S/C21H20FN3O/c1-15-6-7-19(22)18(12-15)21(26)25-10-8-24(9-11-25)20-14-23-13-16-4-2-3-5-17(16)20/h2-7,12-14H,8-11H2,1H3. The minimum atomic E-state index is -0.457. The van der Waals surface area contributed by atoms with E-state index in [1.54, 1.807) is 17.0 Å². The lowest BCUT2D eigenvalue weighted by Crippen LogP contribution is -2.49. The number of hydrogen-bond acceptors (Lipinski definition) is 3. The highest BCUT2D eigenvalue weighted by atomic mass is 19.1. The lowest BCUT2D eigenvalue weighted by atomic mass is 10.1. The van der Waals surface area contributed by atoms with Crippen molar-refractivity contribution in [2.75, 3.05) is 31.1 Å². The van der Waals surface area contributed by atoms with Gasteiger partial charge in [0, 0.05) is 43.1 Å². The van der Waals surface area contributed by atoms with Crippen LogP contribution in [-0.2, 0) is 0 Å². The summed E-state index contributed by atoms with van der Waals surface area (Å²) in [6, 6.07) is 12.8. The number of aryl methyl sites for hydroxylation is 1. The number of aromatic nitrogens is 1. The van der Waals surface area contributed by atoms with Crippen LogP contribution in [0, 0.1) is 12.7 Å². The number of benzene rings is 2. The number of piperazine rings is 1. The fraction of sp³-hybridized carbons (Fsp3) is 0.238. The van der Waals surface area contributed by atoms with Crippen molar-refractivity contribution in [1.29, 1.82) is 0 Å². The van der Waals surface area contributed by atoms with Gasteiger partial charge in [0.15, 0.2) is 0 Å². The molecule has 132 valence electrons. The van der Waals surface area contributed by atoms with E-state index in [0.29, 0.717) is 26.2 Å². The number of halogens is 1. The van der Waals surface area contributed by atoms with E-state index in [2.05, 4.69) is 16.0 Å². The number of fused-ring (bicyclic) bond motifs is 1. The third kappa shape index (κ3) is 3.01. The summed E-state index contributed by atoms with van der Waals surface area (Å²) in [5, 5.41) is 2.26. The maximum absolute atomic E-state index is 14.0. The number of nitrogens with zero attached hydrogens (tertiary/aromatic N) is 3. The van der Waals surface area contributed by atoms with Gasteiger partial charge in [-0.15, -0.1) is 0 Å². The maximum Gasteiger partial charge on any atom is 0.256 e. The Morgan fingerprint density at radius 1 is 1.04 bits per heavy atom. The Balaban J connectivity index is 1.52. The van der Waals surface area contributed by atoms with Gasteiger partial charge in [-0.05, 0) is 19.1 Å². The minimum absolute atomic E-state index is 0.158. The lowest BCUT2D eigenvalue weighted by Gasteiger charge is -2.36. The van der Waals surface area contributed by atoms with Gasteiger partial charge in [-0.2, -0.15) is 0 Å². The molecule has 1 fully saturated rings. The average molecular weight is 349 g/mol. The Kier molecular flexibility index (Phi) is 4.29. The lowest BCUT2D eigenvalue weighted by molar-refractivity contribution is 0.0742. The van der Waals surface area contributed by atoms with Gasteiger partial charge in [-0.25, -0.2) is 4.39 Å². The van der Waals surface area contributed by atoms with E-state index < -0.39 is 5.82 Å². The Bertz CT molecular complexity index is 959. The van der Waals surface area contributed by atoms with Gasteiger partial charge in [0.05, 0.1) is 17.4 Å². The van der Waals surface area contributed by atoms with Crippen molar-refractivity contribution in [3.05, 3.63) is 71.8 Å². The molecule has 1 saturated heterocycles. The zero-order valence-electron chi connectivity index (χ0n) is 14.7. The van der Waals surface area contributed by atoms with E-state index in [4.69, 9.17) is 0 Å². The highest BCUT2D eigenvalue weighted by Gasteiger charge is 2.25. The Hall–Kier alpha value is -2.95. The van der Waals surface area contributed by atoms with Crippen molar-refractivity contribution in [1.82, 2.24) is 9.88 Å². The molecular weight excluding hydrogens is 329 g/mol. The van der Waals surface area contributed by atoms with Crippen LogP contribution in [0.2, 0.25) is 0 Å². The molecule has 0 aliphatic carbocycles. The molecule has 0 atom stereocenters. The fourth-order valence-electron chi connectivity index (χ4n) is 3.48. The molecule has 5 heteroatoms.